The van der Waals surface area contributed by atoms with Gasteiger partial charge in [0.05, 0.1) is 33.3 Å². The molecule has 2 saturated heterocycles. The lowest BCUT2D eigenvalue weighted by Crippen LogP contribution is -2.54. The van der Waals surface area contributed by atoms with E-state index in [-0.39, 0.29) is 24.1 Å². The third-order valence-corrected chi connectivity index (χ3v) is 7.80. The first-order valence-electron chi connectivity index (χ1n) is 13.4. The molecule has 2 atom stereocenters. The van der Waals surface area contributed by atoms with Crippen LogP contribution in [0.15, 0.2) is 66.7 Å². The number of anilines is 2. The van der Waals surface area contributed by atoms with Gasteiger partial charge in [0, 0.05) is 44.0 Å². The van der Waals surface area contributed by atoms with E-state index >= 15 is 0 Å². The van der Waals surface area contributed by atoms with Crippen LogP contribution in [0.2, 0.25) is 0 Å². The minimum Gasteiger partial charge on any atom is -0.497 e. The van der Waals surface area contributed by atoms with Gasteiger partial charge in [0.1, 0.15) is 11.6 Å². The van der Waals surface area contributed by atoms with Gasteiger partial charge in [0.25, 0.3) is 0 Å². The summed E-state index contributed by atoms with van der Waals surface area (Å²) in [5, 5.41) is 0. The molecule has 0 unspecified atom stereocenters. The highest BCUT2D eigenvalue weighted by atomic mass is 19.1. The van der Waals surface area contributed by atoms with Crippen LogP contribution in [0.25, 0.3) is 0 Å². The highest BCUT2D eigenvalue weighted by molar-refractivity contribution is 5.97. The fourth-order valence-corrected chi connectivity index (χ4v) is 5.69. The van der Waals surface area contributed by atoms with Gasteiger partial charge in [-0.2, -0.15) is 0 Å². The van der Waals surface area contributed by atoms with Gasteiger partial charge in [-0.3, -0.25) is 9.59 Å². The summed E-state index contributed by atoms with van der Waals surface area (Å²) in [6, 6.07) is 18.8. The molecule has 2 aliphatic rings. The van der Waals surface area contributed by atoms with Gasteiger partial charge in [0.15, 0.2) is 11.5 Å². The van der Waals surface area contributed by atoms with Crippen molar-refractivity contribution < 1.29 is 28.2 Å². The van der Waals surface area contributed by atoms with E-state index in [4.69, 9.17) is 14.2 Å². The van der Waals surface area contributed by atoms with Gasteiger partial charge in [0.2, 0.25) is 11.8 Å². The van der Waals surface area contributed by atoms with Gasteiger partial charge < -0.3 is 28.9 Å². The third-order valence-electron chi connectivity index (χ3n) is 7.80. The van der Waals surface area contributed by atoms with Crippen molar-refractivity contribution in [2.75, 3.05) is 57.3 Å². The molecule has 0 radical (unpaired) electrons. The SMILES string of the molecule is COc1ccc(N2C(=O)CC[C@@H](C(=O)N3CCN(c4ccc(F)cc4)CC3)[C@H]2c2ccc(OC)c(OC)c2)cc1. The lowest BCUT2D eigenvalue weighted by Gasteiger charge is -2.44. The van der Waals surface area contributed by atoms with E-state index in [1.807, 2.05) is 47.4 Å². The largest absolute Gasteiger partial charge is 0.497 e. The van der Waals surface area contributed by atoms with Gasteiger partial charge in [-0.05, 0) is 72.6 Å². The highest BCUT2D eigenvalue weighted by Crippen LogP contribution is 2.43. The molecule has 3 aromatic carbocycles. The number of rotatable bonds is 7. The van der Waals surface area contributed by atoms with Crippen molar-refractivity contribution in [3.8, 4) is 17.2 Å². The number of benzene rings is 3. The molecule has 2 aliphatic heterocycles. The van der Waals surface area contributed by atoms with Crippen LogP contribution in [0.3, 0.4) is 0 Å². The highest BCUT2D eigenvalue weighted by Gasteiger charge is 2.43. The molecule has 2 heterocycles. The van der Waals surface area contributed by atoms with Crippen LogP contribution >= 0.6 is 0 Å². The Morgan fingerprint density at radius 3 is 2.08 bits per heavy atom. The van der Waals surface area contributed by atoms with E-state index in [0.29, 0.717) is 55.5 Å². The zero-order chi connectivity index (χ0) is 28.2. The number of methoxy groups -OCH3 is 3. The van der Waals surface area contributed by atoms with Crippen molar-refractivity contribution >= 4 is 23.2 Å². The molecule has 0 bridgehead atoms. The molecule has 0 aliphatic carbocycles. The second kappa shape index (κ2) is 11.9. The number of carbonyl (C=O) groups excluding carboxylic acids is 2. The van der Waals surface area contributed by atoms with Crippen molar-refractivity contribution in [3.05, 3.63) is 78.1 Å². The monoisotopic (exact) mass is 547 g/mol. The molecular formula is C31H34FN3O5. The molecule has 2 amide bonds. The van der Waals surface area contributed by atoms with Gasteiger partial charge in [-0.25, -0.2) is 4.39 Å². The molecule has 210 valence electrons. The fraction of sp³-hybridized carbons (Fsp3) is 0.355. The zero-order valence-corrected chi connectivity index (χ0v) is 23.0. The molecule has 3 aromatic rings. The van der Waals surface area contributed by atoms with Crippen LogP contribution in [0.5, 0.6) is 17.2 Å². The standard InChI is InChI=1S/C31H34FN3O5/c1-38-25-11-9-24(10-12-25)35-29(36)15-13-26(30(35)21-4-14-27(39-2)28(20-21)40-3)31(37)34-18-16-33(17-19-34)23-7-5-22(32)6-8-23/h4-12,14,20,26,30H,13,15-19H2,1-3H3/t26-,30-/m1/s1. The maximum Gasteiger partial charge on any atom is 0.228 e. The summed E-state index contributed by atoms with van der Waals surface area (Å²) in [4.78, 5) is 33.4. The van der Waals surface area contributed by atoms with Crippen LogP contribution in [-0.4, -0.2) is 64.2 Å². The first kappa shape index (κ1) is 27.3. The second-order valence-electron chi connectivity index (χ2n) is 9.95. The van der Waals surface area contributed by atoms with Crippen LogP contribution in [-0.2, 0) is 9.59 Å². The Hall–Kier alpha value is -4.27. The maximum absolute atomic E-state index is 14.1. The Kier molecular flexibility index (Phi) is 8.09. The van der Waals surface area contributed by atoms with Crippen LogP contribution in [0, 0.1) is 11.7 Å². The second-order valence-corrected chi connectivity index (χ2v) is 9.95. The van der Waals surface area contributed by atoms with E-state index in [9.17, 15) is 14.0 Å². The van der Waals surface area contributed by atoms with Crippen LogP contribution in [0.1, 0.15) is 24.4 Å². The number of hydrogen-bond donors (Lipinski definition) is 0. The minimum absolute atomic E-state index is 0.0181. The Bertz CT molecular complexity index is 1340. The number of hydrogen-bond acceptors (Lipinski definition) is 6. The first-order chi connectivity index (χ1) is 19.4. The van der Waals surface area contributed by atoms with E-state index in [1.165, 1.54) is 12.1 Å². The van der Waals surface area contributed by atoms with Crippen molar-refractivity contribution in [1.29, 1.82) is 0 Å². The van der Waals surface area contributed by atoms with Gasteiger partial charge >= 0.3 is 0 Å². The van der Waals surface area contributed by atoms with Crippen LogP contribution < -0.4 is 24.0 Å². The Morgan fingerprint density at radius 2 is 1.45 bits per heavy atom. The lowest BCUT2D eigenvalue weighted by atomic mass is 9.82. The molecule has 0 spiro atoms. The van der Waals surface area contributed by atoms with Gasteiger partial charge in [-0.15, -0.1) is 0 Å². The molecule has 40 heavy (non-hydrogen) atoms. The van der Waals surface area contributed by atoms with E-state index in [1.54, 1.807) is 38.4 Å². The first-order valence-corrected chi connectivity index (χ1v) is 13.4. The summed E-state index contributed by atoms with van der Waals surface area (Å²) in [5.41, 5.74) is 2.43. The average molecular weight is 548 g/mol. The molecular weight excluding hydrogens is 513 g/mol. The van der Waals surface area contributed by atoms with Crippen molar-refractivity contribution in [2.45, 2.75) is 18.9 Å². The van der Waals surface area contributed by atoms with Crippen molar-refractivity contribution in [3.63, 3.8) is 0 Å². The normalized spacial score (nSPS) is 19.4. The Labute approximate surface area is 233 Å². The van der Waals surface area contributed by atoms with E-state index in [2.05, 4.69) is 4.90 Å². The number of amides is 2. The molecule has 0 saturated carbocycles. The smallest absolute Gasteiger partial charge is 0.228 e. The molecule has 2 fully saturated rings. The summed E-state index contributed by atoms with van der Waals surface area (Å²) < 4.78 is 29.7. The maximum atomic E-state index is 14.1. The number of halogens is 1. The molecule has 9 heteroatoms. The van der Waals surface area contributed by atoms with Crippen LogP contribution in [0.4, 0.5) is 15.8 Å². The quantitative estimate of drug-likeness (QED) is 0.428. The number of ether oxygens (including phenoxy) is 3. The lowest BCUT2D eigenvalue weighted by molar-refractivity contribution is -0.138. The number of carbonyl (C=O) groups is 2. The van der Waals surface area contributed by atoms with Crippen molar-refractivity contribution in [1.82, 2.24) is 4.90 Å². The fourth-order valence-electron chi connectivity index (χ4n) is 5.69. The molecule has 5 rings (SSSR count). The van der Waals surface area contributed by atoms with E-state index < -0.39 is 12.0 Å². The third kappa shape index (κ3) is 5.41. The van der Waals surface area contributed by atoms with Gasteiger partial charge in [-0.1, -0.05) is 6.07 Å². The summed E-state index contributed by atoms with van der Waals surface area (Å²) in [6.45, 7) is 2.38. The summed E-state index contributed by atoms with van der Waals surface area (Å²) in [7, 11) is 4.74. The predicted molar refractivity (Wildman–Crippen MR) is 151 cm³/mol. The van der Waals surface area contributed by atoms with Crippen molar-refractivity contribution in [2.24, 2.45) is 5.92 Å². The summed E-state index contributed by atoms with van der Waals surface area (Å²) >= 11 is 0. The summed E-state index contributed by atoms with van der Waals surface area (Å²) in [5.74, 6) is 1.04. The topological polar surface area (TPSA) is 71.6 Å². The molecule has 0 N–H and O–H groups in total. The molecule has 8 nitrogen and oxygen atoms in total. The zero-order valence-electron chi connectivity index (χ0n) is 23.0. The number of piperazine rings is 1. The summed E-state index contributed by atoms with van der Waals surface area (Å²) in [6.07, 6.45) is 0.712. The Balaban J connectivity index is 1.45. The van der Waals surface area contributed by atoms with E-state index in [0.717, 1.165) is 11.3 Å². The average Bonchev–Trinajstić information content (AvgIpc) is 3.00. The minimum atomic E-state index is -0.530. The molecule has 0 aromatic heterocycles. The Morgan fingerprint density at radius 1 is 0.800 bits per heavy atom. The number of piperidine rings is 1. The number of nitrogens with zero attached hydrogens (tertiary/aromatic N) is 3. The predicted octanol–water partition coefficient (Wildman–Crippen LogP) is 4.68.